The minimum atomic E-state index is 0.436. The summed E-state index contributed by atoms with van der Waals surface area (Å²) in [5, 5.41) is 3.47. The largest absolute Gasteiger partial charge is 0.369 e. The molecule has 2 unspecified atom stereocenters. The monoisotopic (exact) mass is 289 g/mol. The molecule has 0 radical (unpaired) electrons. The van der Waals surface area contributed by atoms with Crippen molar-refractivity contribution in [3.8, 4) is 0 Å². The predicted molar refractivity (Wildman–Crippen MR) is 92.1 cm³/mol. The Morgan fingerprint density at radius 2 is 1.62 bits per heavy atom. The Bertz CT molecular complexity index is 407. The maximum atomic E-state index is 3.47. The Labute approximate surface area is 130 Å². The van der Waals surface area contributed by atoms with Crippen molar-refractivity contribution >= 4 is 5.69 Å². The number of nitrogens with zero attached hydrogens (tertiary/aromatic N) is 2. The molecule has 0 aromatic heterocycles. The van der Waals surface area contributed by atoms with Gasteiger partial charge in [-0.25, -0.2) is 0 Å². The molecule has 1 aliphatic rings. The molecule has 1 aromatic rings. The Balaban J connectivity index is 1.92. The highest BCUT2D eigenvalue weighted by molar-refractivity contribution is 5.48. The third kappa shape index (κ3) is 4.21. The van der Waals surface area contributed by atoms with Crippen LogP contribution >= 0.6 is 0 Å². The molecule has 1 heterocycles. The molecule has 3 heteroatoms. The maximum Gasteiger partial charge on any atom is 0.0367 e. The van der Waals surface area contributed by atoms with Crippen LogP contribution < -0.4 is 10.2 Å². The van der Waals surface area contributed by atoms with Crippen LogP contribution in [0.4, 0.5) is 5.69 Å². The van der Waals surface area contributed by atoms with E-state index in [9.17, 15) is 0 Å². The van der Waals surface area contributed by atoms with Gasteiger partial charge in [0.05, 0.1) is 0 Å². The quantitative estimate of drug-likeness (QED) is 0.867. The molecule has 1 aliphatic heterocycles. The van der Waals surface area contributed by atoms with Gasteiger partial charge >= 0.3 is 0 Å². The van der Waals surface area contributed by atoms with Gasteiger partial charge in [-0.3, -0.25) is 4.90 Å². The Morgan fingerprint density at radius 1 is 1.00 bits per heavy atom. The second-order valence-electron chi connectivity index (χ2n) is 6.15. The zero-order valence-electron chi connectivity index (χ0n) is 14.1. The van der Waals surface area contributed by atoms with Crippen LogP contribution in [-0.2, 0) is 0 Å². The summed E-state index contributed by atoms with van der Waals surface area (Å²) in [6.45, 7) is 14.7. The van der Waals surface area contributed by atoms with Crippen molar-refractivity contribution in [3.05, 3.63) is 29.8 Å². The van der Waals surface area contributed by atoms with Crippen LogP contribution in [0.5, 0.6) is 0 Å². The summed E-state index contributed by atoms with van der Waals surface area (Å²) in [5.74, 6) is 0. The first-order chi connectivity index (χ1) is 10.2. The Hall–Kier alpha value is -1.06. The van der Waals surface area contributed by atoms with Gasteiger partial charge < -0.3 is 10.2 Å². The fourth-order valence-electron chi connectivity index (χ4n) is 3.08. The lowest BCUT2D eigenvalue weighted by molar-refractivity contribution is 0.193. The standard InChI is InChI=1S/C18H31N3/c1-5-15(3)20-11-13-21(14-12-20)18-9-7-17(8-10-18)16(4)19-6-2/h7-10,15-16,19H,5-6,11-14H2,1-4H3. The number of hydrogen-bond acceptors (Lipinski definition) is 3. The molecule has 0 amide bonds. The summed E-state index contributed by atoms with van der Waals surface area (Å²) in [6, 6.07) is 10.2. The zero-order chi connectivity index (χ0) is 15.2. The predicted octanol–water partition coefficient (Wildman–Crippen LogP) is 3.28. The second kappa shape index (κ2) is 7.81. The average molecular weight is 289 g/mol. The summed E-state index contributed by atoms with van der Waals surface area (Å²) in [4.78, 5) is 5.12. The van der Waals surface area contributed by atoms with Crippen LogP contribution in [0.25, 0.3) is 0 Å². The molecule has 1 fully saturated rings. The van der Waals surface area contributed by atoms with E-state index in [1.54, 1.807) is 0 Å². The molecule has 0 aliphatic carbocycles. The van der Waals surface area contributed by atoms with E-state index in [1.165, 1.54) is 30.8 Å². The lowest BCUT2D eigenvalue weighted by Crippen LogP contribution is -2.49. The molecule has 0 saturated carbocycles. The van der Waals surface area contributed by atoms with Crippen molar-refractivity contribution < 1.29 is 0 Å². The van der Waals surface area contributed by atoms with Crippen molar-refractivity contribution in [2.45, 2.75) is 46.2 Å². The summed E-state index contributed by atoms with van der Waals surface area (Å²) in [7, 11) is 0. The summed E-state index contributed by atoms with van der Waals surface area (Å²) < 4.78 is 0. The number of benzene rings is 1. The van der Waals surface area contributed by atoms with Crippen LogP contribution in [0.15, 0.2) is 24.3 Å². The molecule has 0 bridgehead atoms. The molecule has 2 atom stereocenters. The van der Waals surface area contributed by atoms with Crippen molar-refractivity contribution in [3.63, 3.8) is 0 Å². The Morgan fingerprint density at radius 3 is 2.14 bits per heavy atom. The van der Waals surface area contributed by atoms with E-state index in [2.05, 4.69) is 67.1 Å². The van der Waals surface area contributed by atoms with Gasteiger partial charge in [0.2, 0.25) is 0 Å². The van der Waals surface area contributed by atoms with Gasteiger partial charge in [-0.05, 0) is 44.5 Å². The Kier molecular flexibility index (Phi) is 6.07. The third-order valence-electron chi connectivity index (χ3n) is 4.80. The molecule has 21 heavy (non-hydrogen) atoms. The van der Waals surface area contributed by atoms with Gasteiger partial charge in [0.25, 0.3) is 0 Å². The summed E-state index contributed by atoms with van der Waals surface area (Å²) in [5.41, 5.74) is 2.74. The van der Waals surface area contributed by atoms with Gasteiger partial charge in [0, 0.05) is 44.0 Å². The van der Waals surface area contributed by atoms with Gasteiger partial charge in [0.1, 0.15) is 0 Å². The van der Waals surface area contributed by atoms with E-state index in [0.717, 1.165) is 25.7 Å². The van der Waals surface area contributed by atoms with Gasteiger partial charge in [-0.1, -0.05) is 26.0 Å². The topological polar surface area (TPSA) is 18.5 Å². The average Bonchev–Trinajstić information content (AvgIpc) is 2.54. The zero-order valence-corrected chi connectivity index (χ0v) is 14.1. The van der Waals surface area contributed by atoms with Crippen LogP contribution in [0.3, 0.4) is 0 Å². The molecule has 3 nitrogen and oxygen atoms in total. The third-order valence-corrected chi connectivity index (χ3v) is 4.80. The second-order valence-corrected chi connectivity index (χ2v) is 6.15. The minimum Gasteiger partial charge on any atom is -0.369 e. The highest BCUT2D eigenvalue weighted by atomic mass is 15.3. The lowest BCUT2D eigenvalue weighted by atomic mass is 10.1. The first-order valence-corrected chi connectivity index (χ1v) is 8.48. The molecule has 0 spiro atoms. The van der Waals surface area contributed by atoms with Crippen molar-refractivity contribution in [1.82, 2.24) is 10.2 Å². The van der Waals surface area contributed by atoms with Crippen molar-refractivity contribution in [2.75, 3.05) is 37.6 Å². The molecule has 1 saturated heterocycles. The van der Waals surface area contributed by atoms with Crippen molar-refractivity contribution in [2.24, 2.45) is 0 Å². The number of piperazine rings is 1. The molecule has 2 rings (SSSR count). The first kappa shape index (κ1) is 16.3. The van der Waals surface area contributed by atoms with E-state index in [0.29, 0.717) is 6.04 Å². The molecular weight excluding hydrogens is 258 g/mol. The number of nitrogens with one attached hydrogen (secondary N) is 1. The van der Waals surface area contributed by atoms with Crippen molar-refractivity contribution in [1.29, 1.82) is 0 Å². The lowest BCUT2D eigenvalue weighted by Gasteiger charge is -2.39. The van der Waals surface area contributed by atoms with E-state index >= 15 is 0 Å². The van der Waals surface area contributed by atoms with Crippen LogP contribution in [0.2, 0.25) is 0 Å². The fourth-order valence-corrected chi connectivity index (χ4v) is 3.08. The molecular formula is C18H31N3. The number of rotatable bonds is 6. The molecule has 1 N–H and O–H groups in total. The van der Waals surface area contributed by atoms with Crippen LogP contribution in [-0.4, -0.2) is 43.7 Å². The van der Waals surface area contributed by atoms with E-state index in [-0.39, 0.29) is 0 Å². The maximum absolute atomic E-state index is 3.47. The highest BCUT2D eigenvalue weighted by Crippen LogP contribution is 2.21. The van der Waals surface area contributed by atoms with E-state index in [1.807, 2.05) is 0 Å². The van der Waals surface area contributed by atoms with Gasteiger partial charge in [-0.2, -0.15) is 0 Å². The number of hydrogen-bond donors (Lipinski definition) is 1. The SMILES string of the molecule is CCNC(C)c1ccc(N2CCN(C(C)CC)CC2)cc1. The van der Waals surface area contributed by atoms with Gasteiger partial charge in [0.15, 0.2) is 0 Å². The minimum absolute atomic E-state index is 0.436. The summed E-state index contributed by atoms with van der Waals surface area (Å²) in [6.07, 6.45) is 1.25. The molecule has 1 aromatic carbocycles. The first-order valence-electron chi connectivity index (χ1n) is 8.48. The summed E-state index contributed by atoms with van der Waals surface area (Å²) >= 11 is 0. The van der Waals surface area contributed by atoms with Crippen LogP contribution in [0.1, 0.15) is 45.7 Å². The van der Waals surface area contributed by atoms with Crippen LogP contribution in [0, 0.1) is 0 Å². The fraction of sp³-hybridized carbons (Fsp3) is 0.667. The highest BCUT2D eigenvalue weighted by Gasteiger charge is 2.20. The smallest absolute Gasteiger partial charge is 0.0367 e. The van der Waals surface area contributed by atoms with E-state index in [4.69, 9.17) is 0 Å². The number of anilines is 1. The van der Waals surface area contributed by atoms with Gasteiger partial charge in [-0.15, -0.1) is 0 Å². The van der Waals surface area contributed by atoms with E-state index < -0.39 is 0 Å². The molecule has 118 valence electrons. The normalized spacial score (nSPS) is 19.5.